The van der Waals surface area contributed by atoms with E-state index in [0.29, 0.717) is 31.4 Å². The highest BCUT2D eigenvalue weighted by molar-refractivity contribution is 7.12. The molecular weight excluding hydrogens is 460 g/mol. The summed E-state index contributed by atoms with van der Waals surface area (Å²) in [5, 5.41) is 23.2. The number of carbonyl (C=O) groups is 1. The number of hydrogen-bond donors (Lipinski definition) is 2. The Labute approximate surface area is 210 Å². The molecule has 2 aliphatic heterocycles. The monoisotopic (exact) mass is 492 g/mol. The highest BCUT2D eigenvalue weighted by atomic mass is 32.1. The van der Waals surface area contributed by atoms with Gasteiger partial charge in [-0.15, -0.1) is 17.9 Å². The predicted molar refractivity (Wildman–Crippen MR) is 137 cm³/mol. The minimum absolute atomic E-state index is 0.0488. The normalized spacial score (nSPS) is 32.8. The summed E-state index contributed by atoms with van der Waals surface area (Å²) < 4.78 is 6.56. The first kappa shape index (κ1) is 22.8. The van der Waals surface area contributed by atoms with E-state index in [4.69, 9.17) is 4.74 Å². The molecule has 6 rings (SSSR count). The molecule has 2 aliphatic carbocycles. The van der Waals surface area contributed by atoms with Crippen LogP contribution in [0.15, 0.2) is 43.0 Å². The summed E-state index contributed by atoms with van der Waals surface area (Å²) in [5.41, 5.74) is 0.458. The predicted octanol–water partition coefficient (Wildman–Crippen LogP) is 3.64. The van der Waals surface area contributed by atoms with Gasteiger partial charge in [0, 0.05) is 41.0 Å². The molecule has 35 heavy (non-hydrogen) atoms. The van der Waals surface area contributed by atoms with Crippen molar-refractivity contribution in [2.75, 3.05) is 20.1 Å². The SMILES string of the molecule is C=CCN1CC[C@]23c4c5ccc(O)c4O[C@H]2[C@H](N(C)C(=O)/C=C/c2ccc(C)s2)CC[C@@]3(O)[C@H]1C5. The number of rotatable bonds is 5. The Hall–Kier alpha value is -2.61. The standard InChI is InChI=1S/C28H32N2O4S/c1-4-14-30-15-13-27-24-18-6-9-21(31)25(24)34-26(27)20(11-12-28(27,33)22(30)16-18)29(3)23(32)10-8-19-7-5-17(2)35-19/h4-10,20,22,26,31,33H,1,11-16H2,2-3H3/b10-8+/t20-,22-,26+,27+,28-/m1/s1. The van der Waals surface area contributed by atoms with Crippen LogP contribution in [0, 0.1) is 6.92 Å². The van der Waals surface area contributed by atoms with Crippen LogP contribution in [0.1, 0.15) is 40.1 Å². The molecular formula is C28H32N2O4S. The zero-order valence-electron chi connectivity index (χ0n) is 20.2. The average Bonchev–Trinajstić information content (AvgIpc) is 3.41. The van der Waals surface area contributed by atoms with Gasteiger partial charge in [-0.25, -0.2) is 0 Å². The van der Waals surface area contributed by atoms with E-state index in [1.54, 1.807) is 28.4 Å². The van der Waals surface area contributed by atoms with E-state index < -0.39 is 17.1 Å². The number of benzene rings is 1. The molecule has 1 saturated heterocycles. The van der Waals surface area contributed by atoms with Gasteiger partial charge in [0.05, 0.1) is 17.1 Å². The second-order valence-electron chi connectivity index (χ2n) is 10.5. The number of phenolic OH excluding ortho intramolecular Hbond substituents is 1. The number of amides is 1. The first-order valence-electron chi connectivity index (χ1n) is 12.4. The number of likely N-dealkylation sites (tertiary alicyclic amines) is 1. The third-order valence-corrected chi connectivity index (χ3v) is 9.87. The zero-order valence-corrected chi connectivity index (χ0v) is 21.1. The fourth-order valence-corrected chi connectivity index (χ4v) is 8.14. The fraction of sp³-hybridized carbons (Fsp3) is 0.464. The van der Waals surface area contributed by atoms with Gasteiger partial charge in [-0.3, -0.25) is 9.69 Å². The Balaban J connectivity index is 1.39. The second-order valence-corrected chi connectivity index (χ2v) is 11.8. The van der Waals surface area contributed by atoms with Crippen molar-refractivity contribution in [2.45, 2.75) is 61.8 Å². The molecule has 184 valence electrons. The maximum absolute atomic E-state index is 13.3. The first-order chi connectivity index (χ1) is 16.8. The van der Waals surface area contributed by atoms with Crippen molar-refractivity contribution in [2.24, 2.45) is 0 Å². The molecule has 2 aromatic rings. The number of phenols is 1. The smallest absolute Gasteiger partial charge is 0.246 e. The number of piperidine rings is 1. The number of aliphatic hydroxyl groups is 1. The van der Waals surface area contributed by atoms with Crippen LogP contribution in [0.5, 0.6) is 11.5 Å². The van der Waals surface area contributed by atoms with Crippen LogP contribution in [0.4, 0.5) is 0 Å². The van der Waals surface area contributed by atoms with Gasteiger partial charge in [-0.05, 0) is 69.0 Å². The molecule has 5 atom stereocenters. The number of aryl methyl sites for hydroxylation is 1. The van der Waals surface area contributed by atoms with Crippen LogP contribution in [0.3, 0.4) is 0 Å². The summed E-state index contributed by atoms with van der Waals surface area (Å²) in [5.74, 6) is 0.532. The van der Waals surface area contributed by atoms with Gasteiger partial charge >= 0.3 is 0 Å². The van der Waals surface area contributed by atoms with Gasteiger partial charge in [-0.2, -0.15) is 0 Å². The number of hydrogen-bond acceptors (Lipinski definition) is 6. The minimum Gasteiger partial charge on any atom is -0.504 e. The van der Waals surface area contributed by atoms with E-state index in [9.17, 15) is 15.0 Å². The second kappa shape index (κ2) is 7.95. The fourth-order valence-electron chi connectivity index (χ4n) is 7.36. The van der Waals surface area contributed by atoms with Crippen molar-refractivity contribution in [3.05, 3.63) is 63.9 Å². The largest absolute Gasteiger partial charge is 0.504 e. The Morgan fingerprint density at radius 3 is 2.91 bits per heavy atom. The summed E-state index contributed by atoms with van der Waals surface area (Å²) in [4.78, 5) is 19.6. The number of aromatic hydroxyl groups is 1. The Kier molecular flexibility index (Phi) is 5.18. The summed E-state index contributed by atoms with van der Waals surface area (Å²) in [6, 6.07) is 7.50. The lowest BCUT2D eigenvalue weighted by atomic mass is 9.48. The summed E-state index contributed by atoms with van der Waals surface area (Å²) in [6.07, 6.45) is 7.63. The number of carbonyl (C=O) groups excluding carboxylic acids is 1. The molecule has 1 aromatic carbocycles. The van der Waals surface area contributed by atoms with Crippen molar-refractivity contribution in [3.8, 4) is 11.5 Å². The van der Waals surface area contributed by atoms with E-state index in [-0.39, 0.29) is 23.7 Å². The number of ether oxygens (including phenoxy) is 1. The maximum Gasteiger partial charge on any atom is 0.246 e. The molecule has 1 amide bonds. The van der Waals surface area contributed by atoms with Crippen LogP contribution in [0.25, 0.3) is 6.08 Å². The Morgan fingerprint density at radius 2 is 2.17 bits per heavy atom. The van der Waals surface area contributed by atoms with Crippen molar-refractivity contribution in [3.63, 3.8) is 0 Å². The summed E-state index contributed by atoms with van der Waals surface area (Å²) in [7, 11) is 1.83. The van der Waals surface area contributed by atoms with Gasteiger partial charge in [0.15, 0.2) is 11.5 Å². The van der Waals surface area contributed by atoms with Crippen molar-refractivity contribution in [1.82, 2.24) is 9.80 Å². The van der Waals surface area contributed by atoms with E-state index in [1.165, 1.54) is 4.88 Å². The summed E-state index contributed by atoms with van der Waals surface area (Å²) >= 11 is 1.65. The highest BCUT2D eigenvalue weighted by Crippen LogP contribution is 2.65. The van der Waals surface area contributed by atoms with Crippen molar-refractivity contribution >= 4 is 23.3 Å². The molecule has 1 spiro atoms. The van der Waals surface area contributed by atoms with Gasteiger partial charge in [-0.1, -0.05) is 12.1 Å². The zero-order chi connectivity index (χ0) is 24.5. The summed E-state index contributed by atoms with van der Waals surface area (Å²) in [6.45, 7) is 7.52. The van der Waals surface area contributed by atoms with Crippen LogP contribution in [0.2, 0.25) is 0 Å². The number of nitrogens with zero attached hydrogens (tertiary/aromatic N) is 2. The molecule has 1 saturated carbocycles. The molecule has 1 aromatic heterocycles. The third kappa shape index (κ3) is 3.04. The van der Waals surface area contributed by atoms with E-state index in [2.05, 4.69) is 18.4 Å². The topological polar surface area (TPSA) is 73.2 Å². The minimum atomic E-state index is -0.990. The molecule has 0 radical (unpaired) electrons. The van der Waals surface area contributed by atoms with E-state index in [1.807, 2.05) is 37.4 Å². The lowest BCUT2D eigenvalue weighted by Crippen LogP contribution is -2.78. The van der Waals surface area contributed by atoms with Gasteiger partial charge in [0.1, 0.15) is 6.10 Å². The lowest BCUT2D eigenvalue weighted by molar-refractivity contribution is -0.198. The number of likely N-dealkylation sites (N-methyl/N-ethyl adjacent to an activating group) is 1. The van der Waals surface area contributed by atoms with Crippen molar-refractivity contribution < 1.29 is 19.7 Å². The van der Waals surface area contributed by atoms with Gasteiger partial charge in [0.25, 0.3) is 0 Å². The quantitative estimate of drug-likeness (QED) is 0.493. The van der Waals surface area contributed by atoms with Gasteiger partial charge < -0.3 is 19.8 Å². The van der Waals surface area contributed by atoms with Gasteiger partial charge in [0.2, 0.25) is 5.91 Å². The van der Waals surface area contributed by atoms with Crippen LogP contribution >= 0.6 is 11.3 Å². The Bertz CT molecular complexity index is 1240. The van der Waals surface area contributed by atoms with Crippen LogP contribution in [-0.4, -0.2) is 69.8 Å². The molecule has 2 bridgehead atoms. The maximum atomic E-state index is 13.3. The van der Waals surface area contributed by atoms with E-state index in [0.717, 1.165) is 29.1 Å². The molecule has 4 aliphatic rings. The highest BCUT2D eigenvalue weighted by Gasteiger charge is 2.73. The molecule has 6 nitrogen and oxygen atoms in total. The van der Waals surface area contributed by atoms with Crippen LogP contribution in [-0.2, 0) is 16.6 Å². The molecule has 0 unspecified atom stereocenters. The molecule has 3 heterocycles. The molecule has 2 fully saturated rings. The third-order valence-electron chi connectivity index (χ3n) is 8.90. The van der Waals surface area contributed by atoms with Crippen molar-refractivity contribution in [1.29, 1.82) is 0 Å². The van der Waals surface area contributed by atoms with E-state index >= 15 is 0 Å². The Morgan fingerprint density at radius 1 is 1.34 bits per heavy atom. The molecule has 2 N–H and O–H groups in total. The molecule has 7 heteroatoms. The average molecular weight is 493 g/mol. The first-order valence-corrected chi connectivity index (χ1v) is 13.2. The number of thiophene rings is 1. The lowest BCUT2D eigenvalue weighted by Gasteiger charge is -2.64. The van der Waals surface area contributed by atoms with Crippen LogP contribution < -0.4 is 4.74 Å².